The highest BCUT2D eigenvalue weighted by Crippen LogP contribution is 2.31. The zero-order chi connectivity index (χ0) is 10.9. The highest BCUT2D eigenvalue weighted by atomic mass is 32.2. The van der Waals surface area contributed by atoms with Crippen LogP contribution in [0.4, 0.5) is 13.2 Å². The lowest BCUT2D eigenvalue weighted by molar-refractivity contribution is -0.141. The van der Waals surface area contributed by atoms with E-state index in [1.165, 1.54) is 6.26 Å². The number of alkyl halides is 3. The molecule has 0 spiro atoms. The Morgan fingerprint density at radius 1 is 1.57 bits per heavy atom. The maximum absolute atomic E-state index is 12.2. The highest BCUT2D eigenvalue weighted by Gasteiger charge is 2.38. The van der Waals surface area contributed by atoms with Crippen LogP contribution in [0.25, 0.3) is 0 Å². The van der Waals surface area contributed by atoms with E-state index in [9.17, 15) is 18.0 Å². The second kappa shape index (κ2) is 3.52. The molecule has 1 heterocycles. The Kier molecular flexibility index (Phi) is 2.74. The lowest BCUT2D eigenvalue weighted by Gasteiger charge is -2.02. The van der Waals surface area contributed by atoms with Crippen molar-refractivity contribution >= 4 is 17.7 Å². The smallest absolute Gasteiger partial charge is 0.433 e. The normalized spacial score (nSPS) is 11.7. The van der Waals surface area contributed by atoms with Gasteiger partial charge in [0.2, 0.25) is 0 Å². The molecule has 1 aromatic heterocycles. The van der Waals surface area contributed by atoms with Crippen LogP contribution in [0.2, 0.25) is 0 Å². The van der Waals surface area contributed by atoms with Crippen molar-refractivity contribution in [2.45, 2.75) is 11.3 Å². The Hall–Kier alpha value is -1.18. The number of nitrogens with zero attached hydrogens (tertiary/aromatic N) is 1. The van der Waals surface area contributed by atoms with Crippen LogP contribution in [0.1, 0.15) is 16.2 Å². The summed E-state index contributed by atoms with van der Waals surface area (Å²) in [6.45, 7) is 0. The van der Waals surface area contributed by atoms with Gasteiger partial charge in [-0.1, -0.05) is 11.8 Å². The molecule has 4 nitrogen and oxygen atoms in total. The number of thioether (sulfide) groups is 1. The number of aromatic amines is 1. The Balaban J connectivity index is 3.26. The minimum Gasteiger partial charge on any atom is -0.476 e. The number of H-pyrrole nitrogens is 1. The van der Waals surface area contributed by atoms with Crippen molar-refractivity contribution in [3.8, 4) is 0 Å². The van der Waals surface area contributed by atoms with Gasteiger partial charge in [-0.25, -0.2) is 9.78 Å². The Morgan fingerprint density at radius 2 is 2.14 bits per heavy atom. The van der Waals surface area contributed by atoms with E-state index in [0.717, 1.165) is 11.8 Å². The van der Waals surface area contributed by atoms with Gasteiger partial charge in [-0.15, -0.1) is 0 Å². The predicted molar refractivity (Wildman–Crippen MR) is 42.3 cm³/mol. The van der Waals surface area contributed by atoms with Crippen molar-refractivity contribution < 1.29 is 23.1 Å². The van der Waals surface area contributed by atoms with E-state index in [-0.39, 0.29) is 5.16 Å². The van der Waals surface area contributed by atoms with Gasteiger partial charge in [0.25, 0.3) is 0 Å². The Labute approximate surface area is 80.5 Å². The SMILES string of the molecule is CSc1nc(C(=O)O)c(C(F)(F)F)[nH]1. The Morgan fingerprint density at radius 3 is 2.43 bits per heavy atom. The van der Waals surface area contributed by atoms with Crippen LogP contribution in [0, 0.1) is 0 Å². The zero-order valence-electron chi connectivity index (χ0n) is 6.84. The molecular formula is C6H5F3N2O2S. The standard InChI is InChI=1S/C6H5F3N2O2S/c1-14-5-10-2(4(12)13)3(11-5)6(7,8)9/h1H3,(H,10,11)(H,12,13). The van der Waals surface area contributed by atoms with Crippen LogP contribution in [0.15, 0.2) is 5.16 Å². The number of carboxylic acid groups (broad SMARTS) is 1. The monoisotopic (exact) mass is 226 g/mol. The second-order valence-electron chi connectivity index (χ2n) is 2.27. The highest BCUT2D eigenvalue weighted by molar-refractivity contribution is 7.98. The average Bonchev–Trinajstić information content (AvgIpc) is 2.46. The number of nitrogens with one attached hydrogen (secondary N) is 1. The second-order valence-corrected chi connectivity index (χ2v) is 3.07. The summed E-state index contributed by atoms with van der Waals surface area (Å²) < 4.78 is 36.6. The van der Waals surface area contributed by atoms with Crippen molar-refractivity contribution in [3.05, 3.63) is 11.4 Å². The van der Waals surface area contributed by atoms with Crippen LogP contribution < -0.4 is 0 Å². The molecular weight excluding hydrogens is 221 g/mol. The van der Waals surface area contributed by atoms with Crippen LogP contribution >= 0.6 is 11.8 Å². The maximum atomic E-state index is 12.2. The third kappa shape index (κ3) is 2.00. The van der Waals surface area contributed by atoms with E-state index < -0.39 is 23.5 Å². The van der Waals surface area contributed by atoms with E-state index in [1.807, 2.05) is 4.98 Å². The fourth-order valence-corrected chi connectivity index (χ4v) is 1.19. The summed E-state index contributed by atoms with van der Waals surface area (Å²) >= 11 is 0.907. The first-order valence-electron chi connectivity index (χ1n) is 3.30. The Bertz CT molecular complexity index is 360. The van der Waals surface area contributed by atoms with Crippen LogP contribution in [0.5, 0.6) is 0 Å². The largest absolute Gasteiger partial charge is 0.476 e. The summed E-state index contributed by atoms with van der Waals surface area (Å²) in [5.74, 6) is -1.70. The van der Waals surface area contributed by atoms with Crippen molar-refractivity contribution in [3.63, 3.8) is 0 Å². The van der Waals surface area contributed by atoms with Crippen LogP contribution in [-0.2, 0) is 6.18 Å². The van der Waals surface area contributed by atoms with Crippen molar-refractivity contribution in [2.24, 2.45) is 0 Å². The van der Waals surface area contributed by atoms with Gasteiger partial charge >= 0.3 is 12.1 Å². The first-order chi connectivity index (χ1) is 6.36. The molecule has 8 heteroatoms. The molecule has 0 saturated carbocycles. The number of aromatic carboxylic acids is 1. The lowest BCUT2D eigenvalue weighted by Crippen LogP contribution is -2.12. The number of rotatable bonds is 2. The van der Waals surface area contributed by atoms with E-state index in [0.29, 0.717) is 0 Å². The molecule has 1 rings (SSSR count). The molecule has 0 amide bonds. The topological polar surface area (TPSA) is 66.0 Å². The van der Waals surface area contributed by atoms with E-state index >= 15 is 0 Å². The minimum atomic E-state index is -4.73. The molecule has 0 fully saturated rings. The van der Waals surface area contributed by atoms with Crippen molar-refractivity contribution in [1.29, 1.82) is 0 Å². The van der Waals surface area contributed by atoms with Crippen LogP contribution in [0.3, 0.4) is 0 Å². The lowest BCUT2D eigenvalue weighted by atomic mass is 10.3. The van der Waals surface area contributed by atoms with Crippen molar-refractivity contribution in [1.82, 2.24) is 9.97 Å². The molecule has 0 radical (unpaired) electrons. The molecule has 1 aromatic rings. The van der Waals surface area contributed by atoms with Gasteiger partial charge in [0.15, 0.2) is 16.5 Å². The number of hydrogen-bond acceptors (Lipinski definition) is 3. The van der Waals surface area contributed by atoms with E-state index in [2.05, 4.69) is 4.98 Å². The number of aromatic nitrogens is 2. The summed E-state index contributed by atoms with van der Waals surface area (Å²) in [4.78, 5) is 15.6. The van der Waals surface area contributed by atoms with Gasteiger partial charge in [-0.3, -0.25) is 0 Å². The maximum Gasteiger partial charge on any atom is 0.433 e. The summed E-state index contributed by atoms with van der Waals surface area (Å²) in [6, 6.07) is 0. The molecule has 0 aliphatic carbocycles. The molecule has 0 bridgehead atoms. The molecule has 0 atom stereocenters. The molecule has 14 heavy (non-hydrogen) atoms. The van der Waals surface area contributed by atoms with Gasteiger partial charge in [-0.2, -0.15) is 13.2 Å². The van der Waals surface area contributed by atoms with Gasteiger partial charge in [-0.05, 0) is 6.26 Å². The quantitative estimate of drug-likeness (QED) is 0.755. The third-order valence-electron chi connectivity index (χ3n) is 1.36. The number of imidazole rings is 1. The van der Waals surface area contributed by atoms with Gasteiger partial charge in [0.05, 0.1) is 0 Å². The van der Waals surface area contributed by atoms with Crippen LogP contribution in [-0.4, -0.2) is 27.3 Å². The number of carbonyl (C=O) groups is 1. The molecule has 2 N–H and O–H groups in total. The molecule has 0 unspecified atom stereocenters. The molecule has 0 aliphatic heterocycles. The summed E-state index contributed by atoms with van der Waals surface area (Å²) in [5, 5.41) is 8.37. The number of carboxylic acids is 1. The van der Waals surface area contributed by atoms with E-state index in [1.54, 1.807) is 0 Å². The molecule has 0 saturated heterocycles. The fourth-order valence-electron chi connectivity index (χ4n) is 0.808. The van der Waals surface area contributed by atoms with Gasteiger partial charge < -0.3 is 10.1 Å². The third-order valence-corrected chi connectivity index (χ3v) is 1.94. The first-order valence-corrected chi connectivity index (χ1v) is 4.53. The summed E-state index contributed by atoms with van der Waals surface area (Å²) in [7, 11) is 0. The van der Waals surface area contributed by atoms with Gasteiger partial charge in [0.1, 0.15) is 0 Å². The number of halogens is 3. The number of hydrogen-bond donors (Lipinski definition) is 2. The first kappa shape index (κ1) is 10.9. The zero-order valence-corrected chi connectivity index (χ0v) is 7.66. The molecule has 0 aromatic carbocycles. The van der Waals surface area contributed by atoms with E-state index in [4.69, 9.17) is 5.11 Å². The summed E-state index contributed by atoms with van der Waals surface area (Å²) in [5.41, 5.74) is -2.32. The fraction of sp³-hybridized carbons (Fsp3) is 0.333. The predicted octanol–water partition coefficient (Wildman–Crippen LogP) is 1.85. The van der Waals surface area contributed by atoms with Gasteiger partial charge in [0, 0.05) is 0 Å². The van der Waals surface area contributed by atoms with Crippen molar-refractivity contribution in [2.75, 3.05) is 6.26 Å². The average molecular weight is 226 g/mol. The molecule has 78 valence electrons. The minimum absolute atomic E-state index is 0.0743. The molecule has 0 aliphatic rings. The summed E-state index contributed by atoms with van der Waals surface area (Å²) in [6.07, 6.45) is -3.24.